The lowest BCUT2D eigenvalue weighted by Crippen LogP contribution is -2.24. The highest BCUT2D eigenvalue weighted by Crippen LogP contribution is 2.38. The van der Waals surface area contributed by atoms with E-state index in [1.54, 1.807) is 31.3 Å². The molecule has 1 fully saturated rings. The van der Waals surface area contributed by atoms with Gasteiger partial charge < -0.3 is 28.4 Å². The van der Waals surface area contributed by atoms with Gasteiger partial charge in [0.25, 0.3) is 0 Å². The van der Waals surface area contributed by atoms with E-state index in [0.717, 1.165) is 11.3 Å². The Kier molecular flexibility index (Phi) is 4.85. The summed E-state index contributed by atoms with van der Waals surface area (Å²) in [5.74, 6) is 3.19. The van der Waals surface area contributed by atoms with Crippen LogP contribution >= 0.6 is 0 Å². The van der Waals surface area contributed by atoms with E-state index in [1.165, 1.54) is 0 Å². The summed E-state index contributed by atoms with van der Waals surface area (Å²) < 4.78 is 27.3. The summed E-state index contributed by atoms with van der Waals surface area (Å²) in [6.07, 6.45) is 0.294. The number of anilines is 1. The van der Waals surface area contributed by atoms with Crippen LogP contribution in [-0.2, 0) is 4.79 Å². The zero-order valence-corrected chi connectivity index (χ0v) is 17.2. The summed E-state index contributed by atoms with van der Waals surface area (Å²) in [5.41, 5.74) is 1.50. The van der Waals surface area contributed by atoms with Crippen LogP contribution in [0.15, 0.2) is 40.9 Å². The minimum Gasteiger partial charge on any atom is -0.493 e. The fourth-order valence-corrected chi connectivity index (χ4v) is 3.82. The van der Waals surface area contributed by atoms with Gasteiger partial charge in [-0.15, -0.1) is 0 Å². The molecule has 0 bridgehead atoms. The van der Waals surface area contributed by atoms with E-state index in [-0.39, 0.29) is 11.8 Å². The molecule has 2 aromatic carbocycles. The lowest BCUT2D eigenvalue weighted by molar-refractivity contribution is -0.117. The van der Waals surface area contributed by atoms with E-state index < -0.39 is 0 Å². The Morgan fingerprint density at radius 2 is 1.81 bits per heavy atom. The SMILES string of the molecule is COc1ccc(-c2noc(C3CC(=O)N(c4ccc5c(c4)OCCO5)C3)n2)cc1OC. The van der Waals surface area contributed by atoms with E-state index in [4.69, 9.17) is 23.5 Å². The van der Waals surface area contributed by atoms with Crippen molar-refractivity contribution in [3.8, 4) is 34.4 Å². The van der Waals surface area contributed by atoms with Gasteiger partial charge in [-0.25, -0.2) is 0 Å². The third-order valence-corrected chi connectivity index (χ3v) is 5.40. The number of benzene rings is 2. The van der Waals surface area contributed by atoms with Crippen molar-refractivity contribution in [1.29, 1.82) is 0 Å². The number of nitrogens with zero attached hydrogens (tertiary/aromatic N) is 3. The molecule has 1 amide bonds. The number of aromatic nitrogens is 2. The van der Waals surface area contributed by atoms with Gasteiger partial charge in [0.15, 0.2) is 23.0 Å². The fraction of sp³-hybridized carbons (Fsp3) is 0.318. The average Bonchev–Trinajstić information content (AvgIpc) is 3.45. The van der Waals surface area contributed by atoms with Gasteiger partial charge in [-0.3, -0.25) is 4.79 Å². The molecule has 1 unspecified atom stereocenters. The second-order valence-corrected chi connectivity index (χ2v) is 7.26. The number of rotatable bonds is 5. The summed E-state index contributed by atoms with van der Waals surface area (Å²) in [5, 5.41) is 4.09. The van der Waals surface area contributed by atoms with Crippen molar-refractivity contribution in [2.45, 2.75) is 12.3 Å². The second-order valence-electron chi connectivity index (χ2n) is 7.26. The maximum atomic E-state index is 12.7. The minimum absolute atomic E-state index is 0.00690. The zero-order chi connectivity index (χ0) is 21.4. The van der Waals surface area contributed by atoms with E-state index in [2.05, 4.69) is 10.1 Å². The Morgan fingerprint density at radius 3 is 2.61 bits per heavy atom. The largest absolute Gasteiger partial charge is 0.493 e. The van der Waals surface area contributed by atoms with E-state index >= 15 is 0 Å². The molecule has 31 heavy (non-hydrogen) atoms. The van der Waals surface area contributed by atoms with Crippen molar-refractivity contribution >= 4 is 11.6 Å². The molecule has 1 aromatic heterocycles. The topological polar surface area (TPSA) is 96.2 Å². The molecule has 5 rings (SSSR count). The first kappa shape index (κ1) is 19.2. The van der Waals surface area contributed by atoms with Gasteiger partial charge in [0.05, 0.1) is 20.1 Å². The van der Waals surface area contributed by atoms with Crippen LogP contribution in [0.1, 0.15) is 18.2 Å². The first-order valence-corrected chi connectivity index (χ1v) is 9.92. The third kappa shape index (κ3) is 3.52. The standard InChI is InChI=1S/C22H21N3O6/c1-27-16-5-3-13(9-18(16)28-2)21-23-22(31-24-21)14-10-20(26)25(12-14)15-4-6-17-19(11-15)30-8-7-29-17/h3-6,9,11,14H,7-8,10,12H2,1-2H3. The van der Waals surface area contributed by atoms with Crippen molar-refractivity contribution in [1.82, 2.24) is 10.1 Å². The van der Waals surface area contributed by atoms with Gasteiger partial charge in [-0.2, -0.15) is 4.98 Å². The number of ether oxygens (including phenoxy) is 4. The molecular formula is C22H21N3O6. The van der Waals surface area contributed by atoms with Crippen molar-refractivity contribution in [3.05, 3.63) is 42.3 Å². The molecule has 9 nitrogen and oxygen atoms in total. The van der Waals surface area contributed by atoms with Crippen molar-refractivity contribution < 1.29 is 28.3 Å². The number of hydrogen-bond donors (Lipinski definition) is 0. The highest BCUT2D eigenvalue weighted by molar-refractivity contribution is 5.96. The molecule has 0 saturated carbocycles. The number of carbonyl (C=O) groups is 1. The maximum absolute atomic E-state index is 12.7. The predicted octanol–water partition coefficient (Wildman–Crippen LogP) is 3.05. The summed E-state index contributed by atoms with van der Waals surface area (Å²) >= 11 is 0. The molecule has 1 saturated heterocycles. The summed E-state index contributed by atoms with van der Waals surface area (Å²) in [7, 11) is 3.15. The molecule has 3 aromatic rings. The Labute approximate surface area is 178 Å². The number of amides is 1. The first-order chi connectivity index (χ1) is 15.2. The van der Waals surface area contributed by atoms with Gasteiger partial charge in [0.1, 0.15) is 13.2 Å². The first-order valence-electron chi connectivity index (χ1n) is 9.92. The van der Waals surface area contributed by atoms with Crippen LogP contribution in [0.25, 0.3) is 11.4 Å². The Morgan fingerprint density at radius 1 is 1.00 bits per heavy atom. The third-order valence-electron chi connectivity index (χ3n) is 5.40. The Bertz CT molecular complexity index is 1130. The van der Waals surface area contributed by atoms with Crippen LogP contribution in [0, 0.1) is 0 Å². The highest BCUT2D eigenvalue weighted by Gasteiger charge is 2.35. The number of fused-ring (bicyclic) bond motifs is 1. The zero-order valence-electron chi connectivity index (χ0n) is 17.2. The van der Waals surface area contributed by atoms with Crippen molar-refractivity contribution in [2.75, 3.05) is 38.9 Å². The summed E-state index contributed by atoms with van der Waals surface area (Å²) in [6.45, 7) is 1.47. The highest BCUT2D eigenvalue weighted by atomic mass is 16.6. The predicted molar refractivity (Wildman–Crippen MR) is 110 cm³/mol. The van der Waals surface area contributed by atoms with Gasteiger partial charge in [-0.05, 0) is 30.3 Å². The molecule has 2 aliphatic heterocycles. The minimum atomic E-state index is -0.193. The summed E-state index contributed by atoms with van der Waals surface area (Å²) in [6, 6.07) is 10.9. The van der Waals surface area contributed by atoms with Crippen LogP contribution < -0.4 is 23.8 Å². The van der Waals surface area contributed by atoms with Crippen LogP contribution in [-0.4, -0.2) is 50.0 Å². The Balaban J connectivity index is 1.36. The number of methoxy groups -OCH3 is 2. The van der Waals surface area contributed by atoms with E-state index in [0.29, 0.717) is 60.9 Å². The molecule has 160 valence electrons. The lowest BCUT2D eigenvalue weighted by Gasteiger charge is -2.22. The maximum Gasteiger partial charge on any atom is 0.232 e. The number of carbonyl (C=O) groups excluding carboxylic acids is 1. The normalized spacial score (nSPS) is 17.7. The molecule has 3 heterocycles. The van der Waals surface area contributed by atoms with Gasteiger partial charge in [0.2, 0.25) is 17.6 Å². The van der Waals surface area contributed by atoms with Crippen LogP contribution in [0.5, 0.6) is 23.0 Å². The van der Waals surface area contributed by atoms with Crippen LogP contribution in [0.2, 0.25) is 0 Å². The molecule has 2 aliphatic rings. The smallest absolute Gasteiger partial charge is 0.232 e. The average molecular weight is 423 g/mol. The monoisotopic (exact) mass is 423 g/mol. The number of hydrogen-bond acceptors (Lipinski definition) is 8. The van der Waals surface area contributed by atoms with E-state index in [9.17, 15) is 4.79 Å². The molecule has 0 spiro atoms. The second kappa shape index (κ2) is 7.82. The van der Waals surface area contributed by atoms with Crippen molar-refractivity contribution in [2.24, 2.45) is 0 Å². The van der Waals surface area contributed by atoms with Gasteiger partial charge in [-0.1, -0.05) is 5.16 Å². The van der Waals surface area contributed by atoms with Gasteiger partial charge >= 0.3 is 0 Å². The molecule has 9 heteroatoms. The van der Waals surface area contributed by atoms with Gasteiger partial charge in [0, 0.05) is 30.3 Å². The van der Waals surface area contributed by atoms with Crippen LogP contribution in [0.4, 0.5) is 5.69 Å². The Hall–Kier alpha value is -3.75. The van der Waals surface area contributed by atoms with E-state index in [1.807, 2.05) is 24.3 Å². The molecule has 1 atom stereocenters. The fourth-order valence-electron chi connectivity index (χ4n) is 3.82. The molecule has 0 radical (unpaired) electrons. The van der Waals surface area contributed by atoms with Crippen LogP contribution in [0.3, 0.4) is 0 Å². The lowest BCUT2D eigenvalue weighted by atomic mass is 10.1. The molecule has 0 aliphatic carbocycles. The molecular weight excluding hydrogens is 402 g/mol. The summed E-state index contributed by atoms with van der Waals surface area (Å²) in [4.78, 5) is 18.9. The van der Waals surface area contributed by atoms with Crippen molar-refractivity contribution in [3.63, 3.8) is 0 Å². The quantitative estimate of drug-likeness (QED) is 0.618. The molecule has 0 N–H and O–H groups in total.